The fourth-order valence-corrected chi connectivity index (χ4v) is 2.44. The zero-order valence-electron chi connectivity index (χ0n) is 10.4. The molecular formula is C13H18N4. The summed E-state index contributed by atoms with van der Waals surface area (Å²) in [7, 11) is 4.17. The van der Waals surface area contributed by atoms with Crippen LogP contribution in [0.5, 0.6) is 0 Å². The summed E-state index contributed by atoms with van der Waals surface area (Å²) in [5.41, 5.74) is 0.679. The monoisotopic (exact) mass is 230 g/mol. The quantitative estimate of drug-likeness (QED) is 0.789. The highest BCUT2D eigenvalue weighted by Crippen LogP contribution is 2.26. The van der Waals surface area contributed by atoms with Crippen LogP contribution >= 0.6 is 0 Å². The molecule has 1 atom stereocenters. The van der Waals surface area contributed by atoms with E-state index in [-0.39, 0.29) is 0 Å². The van der Waals surface area contributed by atoms with Gasteiger partial charge >= 0.3 is 0 Å². The average Bonchev–Trinajstić information content (AvgIpc) is 2.76. The molecule has 4 heteroatoms. The number of hydrogen-bond donors (Lipinski definition) is 0. The van der Waals surface area contributed by atoms with Gasteiger partial charge in [0.15, 0.2) is 0 Å². The van der Waals surface area contributed by atoms with E-state index in [4.69, 9.17) is 5.26 Å². The summed E-state index contributed by atoms with van der Waals surface area (Å²) < 4.78 is 0. The van der Waals surface area contributed by atoms with Crippen molar-refractivity contribution in [3.63, 3.8) is 0 Å². The predicted molar refractivity (Wildman–Crippen MR) is 67.9 cm³/mol. The van der Waals surface area contributed by atoms with Gasteiger partial charge in [-0.05, 0) is 39.1 Å². The largest absolute Gasteiger partial charge is 0.351 e. The number of nitriles is 1. The average molecular weight is 230 g/mol. The van der Waals surface area contributed by atoms with Gasteiger partial charge in [-0.25, -0.2) is 4.98 Å². The molecular weight excluding hydrogens is 212 g/mol. The van der Waals surface area contributed by atoms with E-state index in [1.807, 2.05) is 12.1 Å². The van der Waals surface area contributed by atoms with Crippen molar-refractivity contribution < 1.29 is 0 Å². The highest BCUT2D eigenvalue weighted by Gasteiger charge is 2.27. The smallest absolute Gasteiger partial charge is 0.146 e. The fraction of sp³-hybridized carbons (Fsp3) is 0.538. The van der Waals surface area contributed by atoms with Crippen molar-refractivity contribution in [3.05, 3.63) is 23.9 Å². The predicted octanol–water partition coefficient (Wildman–Crippen LogP) is 1.48. The van der Waals surface area contributed by atoms with E-state index < -0.39 is 0 Å². The van der Waals surface area contributed by atoms with E-state index >= 15 is 0 Å². The van der Waals surface area contributed by atoms with Crippen LogP contribution in [0, 0.1) is 11.3 Å². The van der Waals surface area contributed by atoms with Gasteiger partial charge in [-0.2, -0.15) is 5.26 Å². The third kappa shape index (κ3) is 2.56. The topological polar surface area (TPSA) is 43.2 Å². The molecule has 1 aromatic heterocycles. The Hall–Kier alpha value is -1.60. The molecule has 4 nitrogen and oxygen atoms in total. The molecule has 0 aromatic carbocycles. The third-order valence-electron chi connectivity index (χ3n) is 3.13. The molecule has 0 amide bonds. The van der Waals surface area contributed by atoms with E-state index in [2.05, 4.69) is 34.9 Å². The highest BCUT2D eigenvalue weighted by atomic mass is 15.3. The van der Waals surface area contributed by atoms with Crippen LogP contribution in [0.3, 0.4) is 0 Å². The van der Waals surface area contributed by atoms with E-state index in [0.717, 1.165) is 18.9 Å². The van der Waals surface area contributed by atoms with Crippen molar-refractivity contribution in [1.29, 1.82) is 5.26 Å². The molecule has 0 N–H and O–H groups in total. The SMILES string of the molecule is CN(C)CC1CCCN1c1ncccc1C#N. The molecule has 17 heavy (non-hydrogen) atoms. The Morgan fingerprint density at radius 1 is 1.59 bits per heavy atom. The molecule has 2 heterocycles. The first-order chi connectivity index (χ1) is 8.22. The third-order valence-corrected chi connectivity index (χ3v) is 3.13. The molecule has 1 fully saturated rings. The van der Waals surface area contributed by atoms with Crippen molar-refractivity contribution in [1.82, 2.24) is 9.88 Å². The summed E-state index contributed by atoms with van der Waals surface area (Å²) >= 11 is 0. The van der Waals surface area contributed by atoms with Crippen molar-refractivity contribution in [2.45, 2.75) is 18.9 Å². The lowest BCUT2D eigenvalue weighted by molar-refractivity contribution is 0.371. The van der Waals surface area contributed by atoms with Crippen LogP contribution in [0.2, 0.25) is 0 Å². The molecule has 2 rings (SSSR count). The summed E-state index contributed by atoms with van der Waals surface area (Å²) in [4.78, 5) is 8.84. The Morgan fingerprint density at radius 3 is 3.12 bits per heavy atom. The van der Waals surface area contributed by atoms with Crippen LogP contribution in [0.15, 0.2) is 18.3 Å². The van der Waals surface area contributed by atoms with Crippen LogP contribution in [-0.4, -0.2) is 43.1 Å². The first-order valence-electron chi connectivity index (χ1n) is 5.99. The number of aromatic nitrogens is 1. The Morgan fingerprint density at radius 2 is 2.41 bits per heavy atom. The van der Waals surface area contributed by atoms with E-state index in [0.29, 0.717) is 11.6 Å². The maximum Gasteiger partial charge on any atom is 0.146 e. The molecule has 1 aliphatic rings. The summed E-state index contributed by atoms with van der Waals surface area (Å²) in [5.74, 6) is 0.847. The van der Waals surface area contributed by atoms with Crippen LogP contribution in [0.1, 0.15) is 18.4 Å². The van der Waals surface area contributed by atoms with Gasteiger partial charge in [0, 0.05) is 25.3 Å². The molecule has 0 bridgehead atoms. The molecule has 0 saturated carbocycles. The molecule has 1 saturated heterocycles. The van der Waals surface area contributed by atoms with Crippen LogP contribution < -0.4 is 4.90 Å². The summed E-state index contributed by atoms with van der Waals surface area (Å²) in [6.07, 6.45) is 4.13. The first kappa shape index (κ1) is 11.9. The van der Waals surface area contributed by atoms with Gasteiger partial charge in [0.25, 0.3) is 0 Å². The highest BCUT2D eigenvalue weighted by molar-refractivity contribution is 5.54. The molecule has 0 radical (unpaired) electrons. The second-order valence-corrected chi connectivity index (χ2v) is 4.74. The second kappa shape index (κ2) is 5.15. The van der Waals surface area contributed by atoms with E-state index in [1.165, 1.54) is 12.8 Å². The Bertz CT molecular complexity index is 422. The normalized spacial score (nSPS) is 19.6. The van der Waals surface area contributed by atoms with Crippen molar-refractivity contribution in [2.75, 3.05) is 32.1 Å². The van der Waals surface area contributed by atoms with Gasteiger partial charge in [0.05, 0.1) is 5.56 Å². The number of nitrogens with zero attached hydrogens (tertiary/aromatic N) is 4. The van der Waals surface area contributed by atoms with Gasteiger partial charge in [0.1, 0.15) is 11.9 Å². The maximum atomic E-state index is 9.12. The molecule has 0 aliphatic carbocycles. The Balaban J connectivity index is 2.23. The first-order valence-corrected chi connectivity index (χ1v) is 5.99. The lowest BCUT2D eigenvalue weighted by Gasteiger charge is -2.28. The van der Waals surface area contributed by atoms with Crippen LogP contribution in [0.4, 0.5) is 5.82 Å². The minimum atomic E-state index is 0.479. The lowest BCUT2D eigenvalue weighted by atomic mass is 10.2. The van der Waals surface area contributed by atoms with Crippen LogP contribution in [0.25, 0.3) is 0 Å². The van der Waals surface area contributed by atoms with Gasteiger partial charge < -0.3 is 9.80 Å². The summed E-state index contributed by atoms with van der Waals surface area (Å²) in [6.45, 7) is 2.02. The summed E-state index contributed by atoms with van der Waals surface area (Å²) in [6, 6.07) is 6.37. The zero-order valence-corrected chi connectivity index (χ0v) is 10.4. The van der Waals surface area contributed by atoms with Gasteiger partial charge in [-0.15, -0.1) is 0 Å². The maximum absolute atomic E-state index is 9.12. The number of rotatable bonds is 3. The van der Waals surface area contributed by atoms with E-state index in [1.54, 1.807) is 6.20 Å². The van der Waals surface area contributed by atoms with Crippen LogP contribution in [-0.2, 0) is 0 Å². The standard InChI is InChI=1S/C13H18N4/c1-16(2)10-12-6-4-8-17(12)13-11(9-14)5-3-7-15-13/h3,5,7,12H,4,6,8,10H2,1-2H3. The minimum Gasteiger partial charge on any atom is -0.351 e. The Kier molecular flexibility index (Phi) is 3.60. The van der Waals surface area contributed by atoms with Gasteiger partial charge in [0.2, 0.25) is 0 Å². The number of hydrogen-bond acceptors (Lipinski definition) is 4. The molecule has 1 unspecified atom stereocenters. The van der Waals surface area contributed by atoms with Crippen molar-refractivity contribution in [3.8, 4) is 6.07 Å². The molecule has 90 valence electrons. The fourth-order valence-electron chi connectivity index (χ4n) is 2.44. The van der Waals surface area contributed by atoms with Gasteiger partial charge in [-0.3, -0.25) is 0 Å². The zero-order chi connectivity index (χ0) is 12.3. The summed E-state index contributed by atoms with van der Waals surface area (Å²) in [5, 5.41) is 9.12. The number of anilines is 1. The van der Waals surface area contributed by atoms with Gasteiger partial charge in [-0.1, -0.05) is 0 Å². The van der Waals surface area contributed by atoms with Crippen molar-refractivity contribution in [2.24, 2.45) is 0 Å². The lowest BCUT2D eigenvalue weighted by Crippen LogP contribution is -2.38. The molecule has 0 spiro atoms. The second-order valence-electron chi connectivity index (χ2n) is 4.74. The molecule has 1 aliphatic heterocycles. The Labute approximate surface area is 102 Å². The minimum absolute atomic E-state index is 0.479. The number of likely N-dealkylation sites (N-methyl/N-ethyl adjacent to an activating group) is 1. The van der Waals surface area contributed by atoms with E-state index in [9.17, 15) is 0 Å². The van der Waals surface area contributed by atoms with Crippen molar-refractivity contribution >= 4 is 5.82 Å². The molecule has 1 aromatic rings. The number of pyridine rings is 1.